The Morgan fingerprint density at radius 2 is 2.04 bits per heavy atom. The summed E-state index contributed by atoms with van der Waals surface area (Å²) in [5.74, 6) is 1.65. The molecule has 1 fully saturated rings. The fraction of sp³-hybridized carbons (Fsp3) is 0.400. The number of ether oxygens (including phenoxy) is 1. The van der Waals surface area contributed by atoms with E-state index in [4.69, 9.17) is 9.15 Å². The van der Waals surface area contributed by atoms with Gasteiger partial charge >= 0.3 is 0 Å². The van der Waals surface area contributed by atoms with Gasteiger partial charge in [0.1, 0.15) is 17.6 Å². The number of carbonyl (C=O) groups is 1. The maximum absolute atomic E-state index is 12.9. The van der Waals surface area contributed by atoms with E-state index in [2.05, 4.69) is 5.10 Å². The highest BCUT2D eigenvalue weighted by atomic mass is 16.5. The van der Waals surface area contributed by atoms with Gasteiger partial charge in [0.2, 0.25) is 0 Å². The maximum atomic E-state index is 12.9. The second-order valence-electron chi connectivity index (χ2n) is 6.88. The topological polar surface area (TPSA) is 59.5 Å². The first-order valence-electron chi connectivity index (χ1n) is 9.15. The molecule has 3 heterocycles. The average molecular weight is 354 g/mol. The second-order valence-corrected chi connectivity index (χ2v) is 6.88. The van der Waals surface area contributed by atoms with Crippen molar-refractivity contribution in [3.05, 3.63) is 54.0 Å². The standard InChI is InChI=1S/C20H23N3O3/c1-25-16-8-6-15(7-9-16)17-13-18(19-5-4-12-26-19)23(21-17)20(24)14-22-10-2-3-11-22/h4-9,12,18H,2-3,10-11,13-14H2,1H3/p+1/t18-/m1/s1. The molecule has 4 rings (SSSR count). The molecule has 1 saturated heterocycles. The van der Waals surface area contributed by atoms with Gasteiger partial charge in [-0.05, 0) is 42.0 Å². The van der Waals surface area contributed by atoms with Crippen LogP contribution < -0.4 is 9.64 Å². The first-order valence-corrected chi connectivity index (χ1v) is 9.15. The van der Waals surface area contributed by atoms with Crippen molar-refractivity contribution in [2.75, 3.05) is 26.7 Å². The zero-order valence-electron chi connectivity index (χ0n) is 15.0. The SMILES string of the molecule is COc1ccc(C2=NN(C(=O)C[NH+]3CCCC3)[C@@H](c3ccco3)C2)cc1. The summed E-state index contributed by atoms with van der Waals surface area (Å²) in [7, 11) is 1.65. The van der Waals surface area contributed by atoms with Crippen LogP contribution in [0.1, 0.15) is 36.6 Å². The summed E-state index contributed by atoms with van der Waals surface area (Å²) in [4.78, 5) is 14.3. The lowest BCUT2D eigenvalue weighted by Crippen LogP contribution is -3.11. The van der Waals surface area contributed by atoms with Crippen LogP contribution in [0.25, 0.3) is 0 Å². The van der Waals surface area contributed by atoms with E-state index >= 15 is 0 Å². The lowest BCUT2D eigenvalue weighted by molar-refractivity contribution is -0.879. The van der Waals surface area contributed by atoms with Gasteiger partial charge in [-0.3, -0.25) is 4.79 Å². The molecule has 0 saturated carbocycles. The molecule has 0 bridgehead atoms. The first kappa shape index (κ1) is 16.8. The van der Waals surface area contributed by atoms with Crippen molar-refractivity contribution in [3.63, 3.8) is 0 Å². The van der Waals surface area contributed by atoms with Gasteiger partial charge in [-0.25, -0.2) is 5.01 Å². The van der Waals surface area contributed by atoms with Crippen LogP contribution in [0.2, 0.25) is 0 Å². The van der Waals surface area contributed by atoms with Crippen molar-refractivity contribution < 1.29 is 18.8 Å². The fourth-order valence-corrected chi connectivity index (χ4v) is 3.75. The largest absolute Gasteiger partial charge is 0.497 e. The van der Waals surface area contributed by atoms with Gasteiger partial charge in [0.05, 0.1) is 32.2 Å². The van der Waals surface area contributed by atoms with E-state index in [-0.39, 0.29) is 11.9 Å². The molecule has 0 spiro atoms. The van der Waals surface area contributed by atoms with Crippen LogP contribution in [0.3, 0.4) is 0 Å². The summed E-state index contributed by atoms with van der Waals surface area (Å²) in [5.41, 5.74) is 1.91. The van der Waals surface area contributed by atoms with Gasteiger partial charge < -0.3 is 14.1 Å². The molecule has 2 aliphatic heterocycles. The molecular weight excluding hydrogens is 330 g/mol. The molecule has 1 aromatic carbocycles. The lowest BCUT2D eigenvalue weighted by atomic mass is 10.0. The molecule has 0 radical (unpaired) electrons. The van der Waals surface area contributed by atoms with Gasteiger partial charge in [-0.1, -0.05) is 0 Å². The number of hydrogen-bond donors (Lipinski definition) is 1. The van der Waals surface area contributed by atoms with E-state index in [1.54, 1.807) is 18.4 Å². The minimum Gasteiger partial charge on any atom is -0.497 e. The average Bonchev–Trinajstić information content (AvgIpc) is 3.42. The molecular formula is C20H24N3O3+. The van der Waals surface area contributed by atoms with Crippen LogP contribution in [0.5, 0.6) is 5.75 Å². The smallest absolute Gasteiger partial charge is 0.298 e. The summed E-state index contributed by atoms with van der Waals surface area (Å²) < 4.78 is 10.8. The van der Waals surface area contributed by atoms with Crippen molar-refractivity contribution in [1.82, 2.24) is 5.01 Å². The predicted octanol–water partition coefficient (Wildman–Crippen LogP) is 1.64. The minimum atomic E-state index is -0.170. The summed E-state index contributed by atoms with van der Waals surface area (Å²) in [6, 6.07) is 11.4. The Kier molecular flexibility index (Phi) is 4.75. The Labute approximate surface area is 153 Å². The molecule has 2 aliphatic rings. The second kappa shape index (κ2) is 7.33. The van der Waals surface area contributed by atoms with Gasteiger partial charge in [0.15, 0.2) is 6.54 Å². The zero-order chi connectivity index (χ0) is 17.9. The van der Waals surface area contributed by atoms with Crippen molar-refractivity contribution in [1.29, 1.82) is 0 Å². The number of nitrogens with zero attached hydrogens (tertiary/aromatic N) is 2. The van der Waals surface area contributed by atoms with Crippen molar-refractivity contribution in [3.8, 4) is 5.75 Å². The molecule has 0 unspecified atom stereocenters. The molecule has 26 heavy (non-hydrogen) atoms. The van der Waals surface area contributed by atoms with E-state index < -0.39 is 0 Å². The van der Waals surface area contributed by atoms with Crippen LogP contribution in [0.15, 0.2) is 52.2 Å². The van der Waals surface area contributed by atoms with Crippen LogP contribution in [-0.2, 0) is 4.79 Å². The van der Waals surface area contributed by atoms with Gasteiger partial charge in [0.25, 0.3) is 5.91 Å². The number of methoxy groups -OCH3 is 1. The van der Waals surface area contributed by atoms with Crippen LogP contribution >= 0.6 is 0 Å². The molecule has 6 nitrogen and oxygen atoms in total. The Hall–Kier alpha value is -2.60. The summed E-state index contributed by atoms with van der Waals surface area (Å²) in [6.07, 6.45) is 4.70. The number of carbonyl (C=O) groups excluding carboxylic acids is 1. The maximum Gasteiger partial charge on any atom is 0.298 e. The van der Waals surface area contributed by atoms with E-state index in [0.717, 1.165) is 35.9 Å². The van der Waals surface area contributed by atoms with E-state index in [1.165, 1.54) is 17.7 Å². The Morgan fingerprint density at radius 3 is 2.69 bits per heavy atom. The van der Waals surface area contributed by atoms with Crippen molar-refractivity contribution in [2.45, 2.75) is 25.3 Å². The summed E-state index contributed by atoms with van der Waals surface area (Å²) >= 11 is 0. The Morgan fingerprint density at radius 1 is 1.27 bits per heavy atom. The number of nitrogens with one attached hydrogen (secondary N) is 1. The van der Waals surface area contributed by atoms with E-state index in [0.29, 0.717) is 13.0 Å². The zero-order valence-corrected chi connectivity index (χ0v) is 15.0. The highest BCUT2D eigenvalue weighted by Gasteiger charge is 2.36. The number of rotatable bonds is 5. The molecule has 1 amide bonds. The monoisotopic (exact) mass is 354 g/mol. The lowest BCUT2D eigenvalue weighted by Gasteiger charge is -2.21. The third-order valence-corrected chi connectivity index (χ3v) is 5.17. The third kappa shape index (κ3) is 3.37. The molecule has 136 valence electrons. The molecule has 1 N–H and O–H groups in total. The highest BCUT2D eigenvalue weighted by Crippen LogP contribution is 2.33. The highest BCUT2D eigenvalue weighted by molar-refractivity contribution is 6.03. The van der Waals surface area contributed by atoms with Crippen LogP contribution in [0.4, 0.5) is 0 Å². The van der Waals surface area contributed by atoms with Gasteiger partial charge in [0, 0.05) is 19.3 Å². The number of likely N-dealkylation sites (tertiary alicyclic amines) is 1. The number of amides is 1. The normalized spacial score (nSPS) is 20.4. The van der Waals surface area contributed by atoms with Gasteiger partial charge in [-0.15, -0.1) is 0 Å². The number of hydrazone groups is 1. The number of benzene rings is 1. The Bertz CT molecular complexity index is 777. The molecule has 0 aliphatic carbocycles. The molecule has 1 aromatic heterocycles. The predicted molar refractivity (Wildman–Crippen MR) is 97.2 cm³/mol. The number of furan rings is 1. The molecule has 2 aromatic rings. The summed E-state index contributed by atoms with van der Waals surface area (Å²) in [5, 5.41) is 6.31. The Balaban J connectivity index is 1.58. The van der Waals surface area contributed by atoms with Crippen molar-refractivity contribution in [2.24, 2.45) is 5.10 Å². The summed E-state index contributed by atoms with van der Waals surface area (Å²) in [6.45, 7) is 2.64. The van der Waals surface area contributed by atoms with Crippen molar-refractivity contribution >= 4 is 11.6 Å². The van der Waals surface area contributed by atoms with Gasteiger partial charge in [-0.2, -0.15) is 5.10 Å². The van der Waals surface area contributed by atoms with E-state index in [1.807, 2.05) is 36.4 Å². The molecule has 1 atom stereocenters. The minimum absolute atomic E-state index is 0.0619. The number of hydrogen-bond acceptors (Lipinski definition) is 4. The van der Waals surface area contributed by atoms with Crippen LogP contribution in [0, 0.1) is 0 Å². The third-order valence-electron chi connectivity index (χ3n) is 5.17. The van der Waals surface area contributed by atoms with E-state index in [9.17, 15) is 4.79 Å². The number of quaternary nitrogens is 1. The fourth-order valence-electron chi connectivity index (χ4n) is 3.75. The molecule has 6 heteroatoms. The van der Waals surface area contributed by atoms with Crippen LogP contribution in [-0.4, -0.2) is 43.4 Å². The first-order chi connectivity index (χ1) is 12.7. The quantitative estimate of drug-likeness (QED) is 0.888.